The van der Waals surface area contributed by atoms with Crippen LogP contribution in [0.5, 0.6) is 0 Å². The molecule has 0 amide bonds. The smallest absolute Gasteiger partial charge is 0.371 e. The van der Waals surface area contributed by atoms with E-state index in [1.807, 2.05) is 21.3 Å². The maximum Gasteiger partial charge on any atom is 0.371 e. The molecule has 134 valence electrons. The lowest BCUT2D eigenvalue weighted by Crippen LogP contribution is -2.73. The number of ether oxygens (including phenoxy) is 3. The van der Waals surface area contributed by atoms with Crippen molar-refractivity contribution in [2.45, 2.75) is 68.9 Å². The highest BCUT2D eigenvalue weighted by Crippen LogP contribution is 2.59. The molecule has 0 aliphatic carbocycles. The summed E-state index contributed by atoms with van der Waals surface area (Å²) in [4.78, 5) is 0. The maximum atomic E-state index is 6.39. The minimum Gasteiger partial charge on any atom is -0.396 e. The zero-order chi connectivity index (χ0) is 16.6. The molecule has 0 bridgehead atoms. The van der Waals surface area contributed by atoms with Gasteiger partial charge in [0.2, 0.25) is 0 Å². The van der Waals surface area contributed by atoms with Gasteiger partial charge in [-0.05, 0) is 31.7 Å². The molecule has 6 heteroatoms. The zero-order valence-corrected chi connectivity index (χ0v) is 16.1. The predicted octanol–water partition coefficient (Wildman–Crippen LogP) is 2.80. The largest absolute Gasteiger partial charge is 0.396 e. The van der Waals surface area contributed by atoms with Crippen LogP contribution in [-0.4, -0.2) is 60.5 Å². The Kier molecular flexibility index (Phi) is 5.22. The lowest BCUT2D eigenvalue weighted by atomic mass is 9.68. The molecule has 3 aliphatic rings. The van der Waals surface area contributed by atoms with Crippen LogP contribution >= 0.6 is 0 Å². The lowest BCUT2D eigenvalue weighted by Gasteiger charge is -2.59. The van der Waals surface area contributed by atoms with E-state index >= 15 is 0 Å². The molecule has 0 spiro atoms. The third kappa shape index (κ3) is 2.91. The Labute approximate surface area is 141 Å². The van der Waals surface area contributed by atoms with Gasteiger partial charge in [-0.25, -0.2) is 0 Å². The van der Waals surface area contributed by atoms with Gasteiger partial charge in [-0.1, -0.05) is 19.8 Å². The van der Waals surface area contributed by atoms with Crippen molar-refractivity contribution in [1.82, 2.24) is 0 Å². The summed E-state index contributed by atoms with van der Waals surface area (Å²) in [5, 5.41) is -0.325. The monoisotopic (exact) mass is 344 g/mol. The number of hydrogen-bond acceptors (Lipinski definition) is 5. The highest BCUT2D eigenvalue weighted by atomic mass is 28.4. The van der Waals surface area contributed by atoms with E-state index in [4.69, 9.17) is 23.1 Å². The van der Waals surface area contributed by atoms with Crippen LogP contribution in [0.4, 0.5) is 0 Å². The van der Waals surface area contributed by atoms with Crippen LogP contribution in [0, 0.1) is 5.41 Å². The SMILES string of the molecule is CCCC1(OC)C(CC2CO2)(CC2CO2)CCC[Si]1(OC)OC. The average Bonchev–Trinajstić information content (AvgIpc) is 3.47. The van der Waals surface area contributed by atoms with E-state index < -0.39 is 8.56 Å². The summed E-state index contributed by atoms with van der Waals surface area (Å²) >= 11 is 0. The van der Waals surface area contributed by atoms with Crippen molar-refractivity contribution in [2.24, 2.45) is 5.41 Å². The normalized spacial score (nSPS) is 41.7. The Balaban J connectivity index is 2.03. The van der Waals surface area contributed by atoms with Gasteiger partial charge < -0.3 is 23.1 Å². The van der Waals surface area contributed by atoms with Crippen molar-refractivity contribution in [3.05, 3.63) is 0 Å². The second kappa shape index (κ2) is 6.73. The molecule has 0 radical (unpaired) electrons. The molecule has 3 aliphatic heterocycles. The second-order valence-corrected chi connectivity index (χ2v) is 11.0. The fraction of sp³-hybridized carbons (Fsp3) is 1.00. The highest BCUT2D eigenvalue weighted by Gasteiger charge is 2.70. The highest BCUT2D eigenvalue weighted by molar-refractivity contribution is 6.71. The van der Waals surface area contributed by atoms with Gasteiger partial charge in [0.05, 0.1) is 25.4 Å². The lowest BCUT2D eigenvalue weighted by molar-refractivity contribution is -0.120. The molecule has 0 N–H and O–H groups in total. The maximum absolute atomic E-state index is 6.39. The molecule has 0 aromatic rings. The number of rotatable bonds is 9. The van der Waals surface area contributed by atoms with Gasteiger partial charge in [0, 0.05) is 26.7 Å². The van der Waals surface area contributed by atoms with Gasteiger partial charge in [-0.2, -0.15) is 0 Å². The molecule has 23 heavy (non-hydrogen) atoms. The van der Waals surface area contributed by atoms with E-state index in [9.17, 15) is 0 Å². The van der Waals surface area contributed by atoms with Crippen molar-refractivity contribution in [3.8, 4) is 0 Å². The zero-order valence-electron chi connectivity index (χ0n) is 15.1. The first-order valence-corrected chi connectivity index (χ1v) is 11.0. The minimum absolute atomic E-state index is 0.0383. The first-order valence-electron chi connectivity index (χ1n) is 8.99. The molecule has 0 aromatic carbocycles. The van der Waals surface area contributed by atoms with Crippen LogP contribution < -0.4 is 0 Å². The quantitative estimate of drug-likeness (QED) is 0.475. The molecule has 3 fully saturated rings. The van der Waals surface area contributed by atoms with Crippen molar-refractivity contribution < 1.29 is 23.1 Å². The minimum atomic E-state index is -2.48. The summed E-state index contributed by atoms with van der Waals surface area (Å²) in [6.45, 7) is 3.99. The Hall–Kier alpha value is 0.0169. The van der Waals surface area contributed by atoms with Crippen LogP contribution in [-0.2, 0) is 23.1 Å². The molecule has 3 saturated heterocycles. The van der Waals surface area contributed by atoms with Crippen molar-refractivity contribution in [2.75, 3.05) is 34.5 Å². The molecule has 0 saturated carbocycles. The molecular weight excluding hydrogens is 312 g/mol. The molecule has 3 rings (SSSR count). The van der Waals surface area contributed by atoms with Gasteiger partial charge in [0.15, 0.2) is 0 Å². The third-order valence-corrected chi connectivity index (χ3v) is 10.8. The van der Waals surface area contributed by atoms with Crippen LogP contribution in [0.25, 0.3) is 0 Å². The Bertz CT molecular complexity index is 392. The molecule has 5 nitrogen and oxygen atoms in total. The van der Waals surface area contributed by atoms with Crippen LogP contribution in [0.15, 0.2) is 0 Å². The van der Waals surface area contributed by atoms with E-state index in [0.717, 1.165) is 57.8 Å². The average molecular weight is 345 g/mol. The van der Waals surface area contributed by atoms with E-state index in [2.05, 4.69) is 6.92 Å². The van der Waals surface area contributed by atoms with Crippen molar-refractivity contribution in [3.63, 3.8) is 0 Å². The fourth-order valence-corrected chi connectivity index (χ4v) is 9.59. The van der Waals surface area contributed by atoms with Crippen LogP contribution in [0.2, 0.25) is 6.04 Å². The summed E-state index contributed by atoms with van der Waals surface area (Å²) < 4.78 is 30.0. The van der Waals surface area contributed by atoms with Gasteiger partial charge in [0.25, 0.3) is 0 Å². The molecule has 3 heterocycles. The topological polar surface area (TPSA) is 52.8 Å². The summed E-state index contributed by atoms with van der Waals surface area (Å²) in [6.07, 6.45) is 7.18. The molecular formula is C17H32O5Si. The summed E-state index contributed by atoms with van der Waals surface area (Å²) in [6, 6.07) is 1.01. The second-order valence-electron chi connectivity index (χ2n) is 7.40. The van der Waals surface area contributed by atoms with E-state index in [1.165, 1.54) is 0 Å². The van der Waals surface area contributed by atoms with Crippen molar-refractivity contribution >= 4 is 8.56 Å². The number of methoxy groups -OCH3 is 1. The van der Waals surface area contributed by atoms with Gasteiger partial charge in [-0.3, -0.25) is 0 Å². The summed E-state index contributed by atoms with van der Waals surface area (Å²) in [7, 11) is 3.01. The Morgan fingerprint density at radius 2 is 1.61 bits per heavy atom. The number of hydrogen-bond donors (Lipinski definition) is 0. The molecule has 0 aromatic heterocycles. The van der Waals surface area contributed by atoms with Crippen molar-refractivity contribution in [1.29, 1.82) is 0 Å². The Morgan fingerprint density at radius 3 is 2.00 bits per heavy atom. The third-order valence-electron chi connectivity index (χ3n) is 6.28. The van der Waals surface area contributed by atoms with Gasteiger partial charge >= 0.3 is 8.56 Å². The van der Waals surface area contributed by atoms with Crippen LogP contribution in [0.3, 0.4) is 0 Å². The van der Waals surface area contributed by atoms with E-state index in [0.29, 0.717) is 12.2 Å². The fourth-order valence-electron chi connectivity index (χ4n) is 5.23. The standard InChI is InChI=1S/C17H32O5Si/c1-5-7-17(18-2)16(10-14-12-21-14,11-15-13-22-15)8-6-9-23(17,19-3)20-4/h14-15H,5-13H2,1-4H3. The molecule has 3 unspecified atom stereocenters. The van der Waals surface area contributed by atoms with Gasteiger partial charge in [0.1, 0.15) is 5.22 Å². The van der Waals surface area contributed by atoms with Gasteiger partial charge in [-0.15, -0.1) is 0 Å². The molecule has 3 atom stereocenters. The summed E-state index contributed by atoms with van der Waals surface area (Å²) in [5.74, 6) is 0. The Morgan fingerprint density at radius 1 is 1.04 bits per heavy atom. The first kappa shape index (κ1) is 17.8. The first-order chi connectivity index (χ1) is 11.1. The predicted molar refractivity (Wildman–Crippen MR) is 89.6 cm³/mol. The van der Waals surface area contributed by atoms with E-state index in [-0.39, 0.29) is 10.6 Å². The summed E-state index contributed by atoms with van der Waals surface area (Å²) in [5.41, 5.74) is 0.0383. The van der Waals surface area contributed by atoms with Crippen LogP contribution in [0.1, 0.15) is 45.4 Å². The number of epoxide rings is 2. The van der Waals surface area contributed by atoms with E-state index in [1.54, 1.807) is 0 Å².